The Hall–Kier alpha value is -1.96. The fourth-order valence-corrected chi connectivity index (χ4v) is 1.39. The van der Waals surface area contributed by atoms with E-state index in [1.807, 2.05) is 67.1 Å². The van der Waals surface area contributed by atoms with E-state index in [9.17, 15) is 0 Å². The first-order valence-electron chi connectivity index (χ1n) is 5.62. The average molecular weight is 227 g/mol. The van der Waals surface area contributed by atoms with Gasteiger partial charge in [0.2, 0.25) is 0 Å². The minimum atomic E-state index is 0.552. The van der Waals surface area contributed by atoms with Crippen LogP contribution in [-0.2, 0) is 0 Å². The Kier molecular flexibility index (Phi) is 4.46. The van der Waals surface area contributed by atoms with Gasteiger partial charge in [0, 0.05) is 6.42 Å². The van der Waals surface area contributed by atoms with E-state index in [-0.39, 0.29) is 0 Å². The Bertz CT molecular complexity index is 370. The second-order valence-corrected chi connectivity index (χ2v) is 3.54. The third kappa shape index (κ3) is 4.19. The van der Waals surface area contributed by atoms with Crippen LogP contribution in [0.3, 0.4) is 0 Å². The molecule has 0 fully saturated rings. The lowest BCUT2D eigenvalue weighted by Crippen LogP contribution is -2.05. The van der Waals surface area contributed by atoms with Gasteiger partial charge in [-0.1, -0.05) is 36.4 Å². The molecule has 2 nitrogen and oxygen atoms in total. The fraction of sp³-hybridized carbons (Fsp3) is 0.133. The predicted octanol–water partition coefficient (Wildman–Crippen LogP) is 3.35. The van der Waals surface area contributed by atoms with Crippen LogP contribution in [0.1, 0.15) is 0 Å². The Morgan fingerprint density at radius 2 is 1.06 bits per heavy atom. The Labute approximate surface area is 102 Å². The predicted molar refractivity (Wildman–Crippen MR) is 68.2 cm³/mol. The molecule has 0 aliphatic rings. The summed E-state index contributed by atoms with van der Waals surface area (Å²) < 4.78 is 11.0. The van der Waals surface area contributed by atoms with E-state index >= 15 is 0 Å². The maximum absolute atomic E-state index is 5.51. The maximum Gasteiger partial charge on any atom is 0.119 e. The standard InChI is InChI=1S/C15H15O2/c1-3-8-14(9-4-1)16-12-7-13-17-15-10-5-2-6-11-15/h1-11H,12-13H2. The molecule has 0 heterocycles. The van der Waals surface area contributed by atoms with Crippen molar-refractivity contribution >= 4 is 0 Å². The molecule has 1 radical (unpaired) electrons. The van der Waals surface area contributed by atoms with Gasteiger partial charge in [0.1, 0.15) is 11.5 Å². The number of rotatable bonds is 6. The zero-order chi connectivity index (χ0) is 11.8. The highest BCUT2D eigenvalue weighted by Gasteiger charge is 1.94. The van der Waals surface area contributed by atoms with Crippen LogP contribution < -0.4 is 9.47 Å². The van der Waals surface area contributed by atoms with Crippen LogP contribution >= 0.6 is 0 Å². The van der Waals surface area contributed by atoms with E-state index in [0.29, 0.717) is 13.2 Å². The van der Waals surface area contributed by atoms with Gasteiger partial charge in [-0.2, -0.15) is 0 Å². The van der Waals surface area contributed by atoms with Gasteiger partial charge in [-0.3, -0.25) is 0 Å². The molecule has 0 spiro atoms. The molecule has 0 saturated carbocycles. The lowest BCUT2D eigenvalue weighted by Gasteiger charge is -2.07. The Morgan fingerprint density at radius 3 is 1.47 bits per heavy atom. The summed E-state index contributed by atoms with van der Waals surface area (Å²) in [6, 6.07) is 19.5. The summed E-state index contributed by atoms with van der Waals surface area (Å²) in [5.74, 6) is 1.76. The van der Waals surface area contributed by atoms with Crippen molar-refractivity contribution < 1.29 is 9.47 Å². The summed E-state index contributed by atoms with van der Waals surface area (Å²) in [5.41, 5.74) is 0. The highest BCUT2D eigenvalue weighted by molar-refractivity contribution is 5.22. The van der Waals surface area contributed by atoms with Crippen molar-refractivity contribution in [1.29, 1.82) is 0 Å². The number of hydrogen-bond donors (Lipinski definition) is 0. The molecule has 2 rings (SSSR count). The van der Waals surface area contributed by atoms with Crippen molar-refractivity contribution in [1.82, 2.24) is 0 Å². The number of ether oxygens (including phenoxy) is 2. The Balaban J connectivity index is 1.61. The van der Waals surface area contributed by atoms with Gasteiger partial charge in [-0.15, -0.1) is 0 Å². The molecular weight excluding hydrogens is 212 g/mol. The minimum Gasteiger partial charge on any atom is -0.493 e. The summed E-state index contributed by atoms with van der Waals surface area (Å²) in [6.45, 7) is 1.10. The quantitative estimate of drug-likeness (QED) is 0.704. The second kappa shape index (κ2) is 6.59. The first-order chi connectivity index (χ1) is 8.45. The topological polar surface area (TPSA) is 18.5 Å². The summed E-state index contributed by atoms with van der Waals surface area (Å²) in [4.78, 5) is 0. The summed E-state index contributed by atoms with van der Waals surface area (Å²) in [5, 5.41) is 0. The fourth-order valence-electron chi connectivity index (χ4n) is 1.39. The van der Waals surface area contributed by atoms with Gasteiger partial charge in [0.25, 0.3) is 0 Å². The molecule has 0 bridgehead atoms. The molecular formula is C15H15O2. The van der Waals surface area contributed by atoms with Crippen LogP contribution in [0.25, 0.3) is 0 Å². The van der Waals surface area contributed by atoms with Crippen LogP contribution in [0.4, 0.5) is 0 Å². The third-order valence-electron chi connectivity index (χ3n) is 2.22. The highest BCUT2D eigenvalue weighted by atomic mass is 16.5. The van der Waals surface area contributed by atoms with Crippen molar-refractivity contribution in [3.05, 3.63) is 67.1 Å². The van der Waals surface area contributed by atoms with Gasteiger partial charge in [-0.25, -0.2) is 0 Å². The van der Waals surface area contributed by atoms with Crippen molar-refractivity contribution in [2.24, 2.45) is 0 Å². The van der Waals surface area contributed by atoms with E-state index < -0.39 is 0 Å². The Morgan fingerprint density at radius 1 is 0.647 bits per heavy atom. The van der Waals surface area contributed by atoms with E-state index in [1.54, 1.807) is 0 Å². The summed E-state index contributed by atoms with van der Waals surface area (Å²) >= 11 is 0. The zero-order valence-electron chi connectivity index (χ0n) is 9.58. The normalized spacial score (nSPS) is 9.88. The van der Waals surface area contributed by atoms with Crippen molar-refractivity contribution in [2.45, 2.75) is 0 Å². The molecule has 0 saturated heterocycles. The van der Waals surface area contributed by atoms with Crippen LogP contribution in [0, 0.1) is 6.42 Å². The monoisotopic (exact) mass is 227 g/mol. The molecule has 0 unspecified atom stereocenters. The molecule has 17 heavy (non-hydrogen) atoms. The molecule has 0 aliphatic heterocycles. The molecule has 0 amide bonds. The lowest BCUT2D eigenvalue weighted by atomic mass is 10.3. The highest BCUT2D eigenvalue weighted by Crippen LogP contribution is 2.10. The molecule has 0 atom stereocenters. The number of para-hydroxylation sites is 2. The number of benzene rings is 2. The molecule has 0 aromatic heterocycles. The lowest BCUT2D eigenvalue weighted by molar-refractivity contribution is 0.296. The van der Waals surface area contributed by atoms with Gasteiger partial charge in [0.05, 0.1) is 13.2 Å². The van der Waals surface area contributed by atoms with Crippen LogP contribution in [-0.4, -0.2) is 13.2 Å². The molecule has 2 aromatic rings. The largest absolute Gasteiger partial charge is 0.493 e. The van der Waals surface area contributed by atoms with Gasteiger partial charge in [-0.05, 0) is 24.3 Å². The van der Waals surface area contributed by atoms with E-state index in [2.05, 4.69) is 0 Å². The first-order valence-corrected chi connectivity index (χ1v) is 5.62. The van der Waals surface area contributed by atoms with Gasteiger partial charge in [0.15, 0.2) is 0 Å². The summed E-state index contributed by atoms with van der Waals surface area (Å²) in [7, 11) is 0. The van der Waals surface area contributed by atoms with Crippen LogP contribution in [0.5, 0.6) is 11.5 Å². The van der Waals surface area contributed by atoms with Gasteiger partial charge < -0.3 is 9.47 Å². The minimum absolute atomic E-state index is 0.552. The SMILES string of the molecule is [CH](COc1ccccc1)COc1ccccc1. The summed E-state index contributed by atoms with van der Waals surface area (Å²) in [6.07, 6.45) is 1.96. The van der Waals surface area contributed by atoms with E-state index in [4.69, 9.17) is 9.47 Å². The molecule has 87 valence electrons. The van der Waals surface area contributed by atoms with Gasteiger partial charge >= 0.3 is 0 Å². The average Bonchev–Trinajstić information content (AvgIpc) is 2.41. The maximum atomic E-state index is 5.51. The molecule has 2 heteroatoms. The second-order valence-electron chi connectivity index (χ2n) is 3.54. The van der Waals surface area contributed by atoms with E-state index in [1.165, 1.54) is 0 Å². The number of hydrogen-bond acceptors (Lipinski definition) is 2. The van der Waals surface area contributed by atoms with Crippen LogP contribution in [0.2, 0.25) is 0 Å². The molecule has 0 aliphatic carbocycles. The smallest absolute Gasteiger partial charge is 0.119 e. The molecule has 2 aromatic carbocycles. The van der Waals surface area contributed by atoms with Crippen molar-refractivity contribution in [3.63, 3.8) is 0 Å². The zero-order valence-corrected chi connectivity index (χ0v) is 9.58. The third-order valence-corrected chi connectivity index (χ3v) is 2.22. The first kappa shape index (κ1) is 11.5. The van der Waals surface area contributed by atoms with Crippen molar-refractivity contribution in [2.75, 3.05) is 13.2 Å². The van der Waals surface area contributed by atoms with E-state index in [0.717, 1.165) is 11.5 Å². The van der Waals surface area contributed by atoms with Crippen molar-refractivity contribution in [3.8, 4) is 11.5 Å². The van der Waals surface area contributed by atoms with Crippen LogP contribution in [0.15, 0.2) is 60.7 Å². The molecule has 0 N–H and O–H groups in total.